The molecule has 0 aromatic rings. The second-order valence-electron chi connectivity index (χ2n) is 1.09. The molecule has 0 radical (unpaired) electrons. The van der Waals surface area contributed by atoms with Crippen LogP contribution in [0.25, 0.3) is 0 Å². The summed E-state index contributed by atoms with van der Waals surface area (Å²) in [5.41, 5.74) is 2.83. The summed E-state index contributed by atoms with van der Waals surface area (Å²) in [6.07, 6.45) is 3.29. The van der Waals surface area contributed by atoms with Crippen LogP contribution in [0.5, 0.6) is 0 Å². The van der Waals surface area contributed by atoms with Gasteiger partial charge in [-0.15, -0.1) is 4.03 Å². The number of hydrogen-bond acceptors (Lipinski definition) is 3. The van der Waals surface area contributed by atoms with Gasteiger partial charge >= 0.3 is 0 Å². The number of hydrazine groups is 1. The molecule has 0 fully saturated rings. The molecule has 1 aliphatic rings. The number of nitrogens with zero attached hydrogens (tertiary/aromatic N) is 1. The second-order valence-corrected chi connectivity index (χ2v) is 1.95. The van der Waals surface area contributed by atoms with E-state index in [-0.39, 0.29) is 0 Å². The van der Waals surface area contributed by atoms with Crippen molar-refractivity contribution >= 4 is 16.1 Å². The molecule has 1 rings (SSSR count). The van der Waals surface area contributed by atoms with Crippen molar-refractivity contribution in [2.45, 2.75) is 0 Å². The highest BCUT2D eigenvalue weighted by atomic mass is 79.9. The van der Waals surface area contributed by atoms with Gasteiger partial charge in [0, 0.05) is 22.3 Å². The highest BCUT2D eigenvalue weighted by molar-refractivity contribution is 9.07. The summed E-state index contributed by atoms with van der Waals surface area (Å²) >= 11 is 3.13. The van der Waals surface area contributed by atoms with Crippen molar-refractivity contribution in [3.8, 4) is 0 Å². The SMILES string of the molecule is BrN1COC=CN1. The molecule has 40 valence electrons. The fourth-order valence-electron chi connectivity index (χ4n) is 0.305. The maximum atomic E-state index is 4.82. The van der Waals surface area contributed by atoms with Crippen LogP contribution in [0.4, 0.5) is 0 Å². The Bertz CT molecular complexity index is 85.0. The first-order valence-electron chi connectivity index (χ1n) is 1.86. The van der Waals surface area contributed by atoms with Gasteiger partial charge in [0.2, 0.25) is 0 Å². The molecule has 0 aromatic carbocycles. The molecule has 1 heterocycles. The third-order valence-electron chi connectivity index (χ3n) is 0.567. The largest absolute Gasteiger partial charge is 0.482 e. The minimum Gasteiger partial charge on any atom is -0.482 e. The number of ether oxygens (including phenoxy) is 1. The Morgan fingerprint density at radius 2 is 2.71 bits per heavy atom. The fourth-order valence-corrected chi connectivity index (χ4v) is 0.542. The van der Waals surface area contributed by atoms with Crippen LogP contribution in [-0.4, -0.2) is 10.8 Å². The molecule has 0 saturated heterocycles. The van der Waals surface area contributed by atoms with Gasteiger partial charge in [0.25, 0.3) is 0 Å². The first-order valence-corrected chi connectivity index (χ1v) is 2.56. The van der Waals surface area contributed by atoms with E-state index in [1.807, 2.05) is 0 Å². The number of nitrogens with one attached hydrogen (secondary N) is 1. The average Bonchev–Trinajstić information content (AvgIpc) is 1.69. The predicted molar refractivity (Wildman–Crippen MR) is 29.0 cm³/mol. The summed E-state index contributed by atoms with van der Waals surface area (Å²) in [6.45, 7) is 0.538. The minimum atomic E-state index is 0.538. The Morgan fingerprint density at radius 3 is 3.00 bits per heavy atom. The predicted octanol–water partition coefficient (Wildman–Crippen LogP) is 0.562. The third kappa shape index (κ3) is 1.36. The third-order valence-corrected chi connectivity index (χ3v) is 0.976. The lowest BCUT2D eigenvalue weighted by Gasteiger charge is -2.16. The van der Waals surface area contributed by atoms with E-state index in [0.29, 0.717) is 6.73 Å². The zero-order chi connectivity index (χ0) is 5.11. The molecule has 4 heteroatoms. The fraction of sp³-hybridized carbons (Fsp3) is 0.333. The molecule has 3 nitrogen and oxygen atoms in total. The first kappa shape index (κ1) is 4.93. The smallest absolute Gasteiger partial charge is 0.168 e. The summed E-state index contributed by atoms with van der Waals surface area (Å²) in [5.74, 6) is 0. The number of halogens is 1. The Kier molecular flexibility index (Phi) is 1.54. The lowest BCUT2D eigenvalue weighted by molar-refractivity contribution is 0.125. The van der Waals surface area contributed by atoms with Crippen molar-refractivity contribution in [1.82, 2.24) is 9.46 Å². The zero-order valence-corrected chi connectivity index (χ0v) is 5.18. The molecule has 1 N–H and O–H groups in total. The molecule has 0 aliphatic carbocycles. The summed E-state index contributed by atoms with van der Waals surface area (Å²) in [5, 5.41) is 0. The van der Waals surface area contributed by atoms with Crippen LogP contribution in [0.15, 0.2) is 12.5 Å². The molecule has 0 saturated carbocycles. The van der Waals surface area contributed by atoms with Gasteiger partial charge in [-0.25, -0.2) is 0 Å². The van der Waals surface area contributed by atoms with E-state index in [9.17, 15) is 0 Å². The molecule has 0 bridgehead atoms. The van der Waals surface area contributed by atoms with E-state index in [2.05, 4.69) is 21.6 Å². The van der Waals surface area contributed by atoms with Gasteiger partial charge < -0.3 is 10.2 Å². The van der Waals surface area contributed by atoms with Crippen LogP contribution < -0.4 is 5.43 Å². The summed E-state index contributed by atoms with van der Waals surface area (Å²) in [4.78, 5) is 0. The van der Waals surface area contributed by atoms with Crippen LogP contribution >= 0.6 is 16.1 Å². The van der Waals surface area contributed by atoms with Crippen molar-refractivity contribution < 1.29 is 4.74 Å². The van der Waals surface area contributed by atoms with Crippen molar-refractivity contribution in [2.75, 3.05) is 6.73 Å². The molecular formula is C3H5BrN2O. The van der Waals surface area contributed by atoms with E-state index in [4.69, 9.17) is 4.74 Å². The second kappa shape index (κ2) is 2.18. The van der Waals surface area contributed by atoms with Crippen LogP contribution in [0, 0.1) is 0 Å². The zero-order valence-electron chi connectivity index (χ0n) is 3.60. The van der Waals surface area contributed by atoms with Gasteiger partial charge in [-0.05, 0) is 0 Å². The van der Waals surface area contributed by atoms with Crippen molar-refractivity contribution in [1.29, 1.82) is 0 Å². The van der Waals surface area contributed by atoms with Gasteiger partial charge in [-0.1, -0.05) is 0 Å². The molecular weight excluding hydrogens is 160 g/mol. The summed E-state index contributed by atoms with van der Waals surface area (Å²) < 4.78 is 6.46. The van der Waals surface area contributed by atoms with Crippen molar-refractivity contribution in [2.24, 2.45) is 0 Å². The monoisotopic (exact) mass is 164 g/mol. The van der Waals surface area contributed by atoms with Gasteiger partial charge in [0.05, 0.1) is 0 Å². The van der Waals surface area contributed by atoms with Crippen molar-refractivity contribution in [3.05, 3.63) is 12.5 Å². The van der Waals surface area contributed by atoms with Crippen LogP contribution in [0.3, 0.4) is 0 Å². The lowest BCUT2D eigenvalue weighted by Crippen LogP contribution is -2.28. The normalized spacial score (nSPS) is 20.7. The quantitative estimate of drug-likeness (QED) is 0.530. The number of rotatable bonds is 0. The van der Waals surface area contributed by atoms with Gasteiger partial charge in [0.1, 0.15) is 6.26 Å². The maximum Gasteiger partial charge on any atom is 0.168 e. The molecule has 0 spiro atoms. The summed E-state index contributed by atoms with van der Waals surface area (Å²) in [6, 6.07) is 0. The van der Waals surface area contributed by atoms with E-state index < -0.39 is 0 Å². The Balaban J connectivity index is 2.32. The van der Waals surface area contributed by atoms with Crippen LogP contribution in [0.1, 0.15) is 0 Å². The lowest BCUT2D eigenvalue weighted by atomic mass is 10.9. The Hall–Kier alpha value is -0.220. The summed E-state index contributed by atoms with van der Waals surface area (Å²) in [7, 11) is 0. The molecule has 7 heavy (non-hydrogen) atoms. The number of hydrogen-bond donors (Lipinski definition) is 1. The molecule has 1 aliphatic heterocycles. The maximum absolute atomic E-state index is 4.82. The first-order chi connectivity index (χ1) is 3.39. The van der Waals surface area contributed by atoms with Gasteiger partial charge in [-0.2, -0.15) is 0 Å². The average molecular weight is 165 g/mol. The topological polar surface area (TPSA) is 24.5 Å². The van der Waals surface area contributed by atoms with Gasteiger partial charge in [0.15, 0.2) is 6.73 Å². The Morgan fingerprint density at radius 1 is 1.86 bits per heavy atom. The van der Waals surface area contributed by atoms with E-state index in [1.54, 1.807) is 16.5 Å². The van der Waals surface area contributed by atoms with E-state index >= 15 is 0 Å². The van der Waals surface area contributed by atoms with Crippen LogP contribution in [-0.2, 0) is 4.74 Å². The molecule has 0 atom stereocenters. The molecule has 0 unspecified atom stereocenters. The highest BCUT2D eigenvalue weighted by Gasteiger charge is 1.96. The van der Waals surface area contributed by atoms with Crippen LogP contribution in [0.2, 0.25) is 0 Å². The van der Waals surface area contributed by atoms with E-state index in [0.717, 1.165) is 0 Å². The highest BCUT2D eigenvalue weighted by Crippen LogP contribution is 1.96. The van der Waals surface area contributed by atoms with Gasteiger partial charge in [-0.3, -0.25) is 0 Å². The molecule has 0 amide bonds. The van der Waals surface area contributed by atoms with Crippen molar-refractivity contribution in [3.63, 3.8) is 0 Å². The minimum absolute atomic E-state index is 0.538. The molecule has 0 aromatic heterocycles. The van der Waals surface area contributed by atoms with E-state index in [1.165, 1.54) is 0 Å². The Labute approximate surface area is 50.2 Å². The standard InChI is InChI=1S/C3H5BrN2O/c4-6-3-7-2-1-5-6/h1-2,5H,3H2.